The lowest BCUT2D eigenvalue weighted by molar-refractivity contribution is 0.0697. The zero-order chi connectivity index (χ0) is 12.1. The zero-order valence-corrected chi connectivity index (χ0v) is 9.52. The molecule has 2 aromatic rings. The monoisotopic (exact) mass is 247 g/mol. The number of nitrogens with zero attached hydrogens (tertiary/aromatic N) is 2. The van der Waals surface area contributed by atoms with Crippen LogP contribution < -0.4 is 5.43 Å². The van der Waals surface area contributed by atoms with Crippen molar-refractivity contribution in [3.8, 4) is 0 Å². The molecule has 6 heteroatoms. The molecule has 86 valence electrons. The van der Waals surface area contributed by atoms with Crippen molar-refractivity contribution in [1.82, 2.24) is 4.98 Å². The molecule has 2 N–H and O–H groups in total. The van der Waals surface area contributed by atoms with Gasteiger partial charge >= 0.3 is 5.97 Å². The minimum absolute atomic E-state index is 0.220. The van der Waals surface area contributed by atoms with Crippen molar-refractivity contribution in [2.24, 2.45) is 5.10 Å². The van der Waals surface area contributed by atoms with E-state index >= 15 is 0 Å². The Hall–Kier alpha value is -2.21. The summed E-state index contributed by atoms with van der Waals surface area (Å²) in [5.74, 6) is -0.971. The normalized spacial score (nSPS) is 10.6. The molecule has 0 fully saturated rings. The summed E-state index contributed by atoms with van der Waals surface area (Å²) in [5, 5.41) is 15.4. The molecule has 0 amide bonds. The van der Waals surface area contributed by atoms with Gasteiger partial charge in [-0.05, 0) is 6.07 Å². The fourth-order valence-corrected chi connectivity index (χ4v) is 1.72. The predicted molar refractivity (Wildman–Crippen MR) is 66.7 cm³/mol. The summed E-state index contributed by atoms with van der Waals surface area (Å²) < 4.78 is 0. The van der Waals surface area contributed by atoms with Crippen LogP contribution in [0.2, 0.25) is 0 Å². The van der Waals surface area contributed by atoms with Crippen molar-refractivity contribution in [3.63, 3.8) is 0 Å². The molecule has 0 saturated heterocycles. The first kappa shape index (κ1) is 11.3. The van der Waals surface area contributed by atoms with E-state index in [2.05, 4.69) is 15.5 Å². The second-order valence-electron chi connectivity index (χ2n) is 3.10. The third-order valence-electron chi connectivity index (χ3n) is 1.99. The average molecular weight is 247 g/mol. The van der Waals surface area contributed by atoms with Crippen molar-refractivity contribution in [2.75, 3.05) is 5.43 Å². The van der Waals surface area contributed by atoms with Crippen LogP contribution in [0.4, 0.5) is 5.13 Å². The molecule has 0 aliphatic rings. The van der Waals surface area contributed by atoms with Crippen molar-refractivity contribution in [2.45, 2.75) is 0 Å². The Balaban J connectivity index is 2.13. The fraction of sp³-hybridized carbons (Fsp3) is 0. The first-order chi connectivity index (χ1) is 8.27. The Kier molecular flexibility index (Phi) is 3.46. The largest absolute Gasteiger partial charge is 0.478 e. The van der Waals surface area contributed by atoms with Crippen molar-refractivity contribution < 1.29 is 9.90 Å². The molecule has 0 spiro atoms. The topological polar surface area (TPSA) is 74.6 Å². The molecule has 1 aromatic heterocycles. The highest BCUT2D eigenvalue weighted by Gasteiger charge is 2.06. The Labute approximate surface area is 101 Å². The Morgan fingerprint density at radius 2 is 2.29 bits per heavy atom. The summed E-state index contributed by atoms with van der Waals surface area (Å²) in [6.45, 7) is 0. The van der Waals surface area contributed by atoms with E-state index in [1.165, 1.54) is 23.6 Å². The lowest BCUT2D eigenvalue weighted by Crippen LogP contribution is -2.02. The molecule has 0 unspecified atom stereocenters. The van der Waals surface area contributed by atoms with Gasteiger partial charge in [0.1, 0.15) is 0 Å². The van der Waals surface area contributed by atoms with Gasteiger partial charge in [0.25, 0.3) is 0 Å². The van der Waals surface area contributed by atoms with Crippen LogP contribution in [-0.4, -0.2) is 22.3 Å². The smallest absolute Gasteiger partial charge is 0.336 e. The number of hydrazone groups is 1. The Bertz CT molecular complexity index is 537. The number of aromatic nitrogens is 1. The maximum absolute atomic E-state index is 10.9. The molecular formula is C11H9N3O2S. The van der Waals surface area contributed by atoms with Gasteiger partial charge in [-0.2, -0.15) is 5.10 Å². The molecule has 0 aliphatic carbocycles. The highest BCUT2D eigenvalue weighted by molar-refractivity contribution is 7.13. The third kappa shape index (κ3) is 2.88. The molecule has 0 radical (unpaired) electrons. The van der Waals surface area contributed by atoms with Crippen molar-refractivity contribution >= 4 is 28.7 Å². The number of hydrogen-bond donors (Lipinski definition) is 2. The quantitative estimate of drug-likeness (QED) is 0.642. The lowest BCUT2D eigenvalue weighted by atomic mass is 10.1. The number of aromatic carboxylic acids is 1. The maximum atomic E-state index is 10.9. The molecule has 5 nitrogen and oxygen atoms in total. The second-order valence-corrected chi connectivity index (χ2v) is 3.99. The number of benzene rings is 1. The molecule has 0 atom stereocenters. The van der Waals surface area contributed by atoms with Gasteiger partial charge in [0, 0.05) is 17.1 Å². The second kappa shape index (κ2) is 5.22. The number of carboxylic acids is 1. The van der Waals surface area contributed by atoms with Crippen LogP contribution in [0, 0.1) is 0 Å². The summed E-state index contributed by atoms with van der Waals surface area (Å²) in [5.41, 5.74) is 3.49. The van der Waals surface area contributed by atoms with E-state index < -0.39 is 5.97 Å². The number of carboxylic acid groups (broad SMARTS) is 1. The third-order valence-corrected chi connectivity index (χ3v) is 2.67. The number of carbonyl (C=O) groups is 1. The van der Waals surface area contributed by atoms with Crippen LogP contribution in [0.3, 0.4) is 0 Å². The minimum atomic E-state index is -0.971. The highest BCUT2D eigenvalue weighted by Crippen LogP contribution is 2.10. The number of rotatable bonds is 4. The molecule has 1 aromatic carbocycles. The molecule has 1 heterocycles. The fourth-order valence-electron chi connectivity index (χ4n) is 1.24. The molecule has 2 rings (SSSR count). The SMILES string of the molecule is O=C(O)c1ccccc1/C=N/Nc1nccs1. The number of anilines is 1. The standard InChI is InChI=1S/C11H9N3O2S/c15-10(16)9-4-2-1-3-8(9)7-13-14-11-12-5-6-17-11/h1-7H,(H,12,14)(H,15,16)/b13-7+. The van der Waals surface area contributed by atoms with Crippen LogP contribution in [-0.2, 0) is 0 Å². The van der Waals surface area contributed by atoms with Crippen LogP contribution in [0.5, 0.6) is 0 Å². The van der Waals surface area contributed by atoms with E-state index in [9.17, 15) is 4.79 Å². The molecule has 17 heavy (non-hydrogen) atoms. The van der Waals surface area contributed by atoms with Crippen LogP contribution >= 0.6 is 11.3 Å². The summed E-state index contributed by atoms with van der Waals surface area (Å²) in [6, 6.07) is 6.66. The van der Waals surface area contributed by atoms with Crippen LogP contribution in [0.15, 0.2) is 40.9 Å². The van der Waals surface area contributed by atoms with Gasteiger partial charge in [0.05, 0.1) is 11.8 Å². The van der Waals surface area contributed by atoms with Crippen LogP contribution in [0.25, 0.3) is 0 Å². The van der Waals surface area contributed by atoms with E-state index in [1.807, 2.05) is 5.38 Å². The Morgan fingerprint density at radius 1 is 1.47 bits per heavy atom. The van der Waals surface area contributed by atoms with Crippen molar-refractivity contribution in [3.05, 3.63) is 47.0 Å². The van der Waals surface area contributed by atoms with Crippen LogP contribution in [0.1, 0.15) is 15.9 Å². The molecule has 0 bridgehead atoms. The van der Waals surface area contributed by atoms with Gasteiger partial charge in [-0.3, -0.25) is 5.43 Å². The van der Waals surface area contributed by atoms with E-state index in [4.69, 9.17) is 5.11 Å². The number of thiazole rings is 1. The molecule has 0 saturated carbocycles. The number of nitrogens with one attached hydrogen (secondary N) is 1. The summed E-state index contributed by atoms with van der Waals surface area (Å²) in [4.78, 5) is 14.9. The van der Waals surface area contributed by atoms with Gasteiger partial charge in [-0.15, -0.1) is 11.3 Å². The first-order valence-corrected chi connectivity index (χ1v) is 5.66. The van der Waals surface area contributed by atoms with Gasteiger partial charge in [-0.25, -0.2) is 9.78 Å². The molecule has 0 aliphatic heterocycles. The summed E-state index contributed by atoms with van der Waals surface area (Å²) in [6.07, 6.45) is 3.12. The summed E-state index contributed by atoms with van der Waals surface area (Å²) >= 11 is 1.42. The van der Waals surface area contributed by atoms with Gasteiger partial charge < -0.3 is 5.11 Å². The van der Waals surface area contributed by atoms with E-state index in [1.54, 1.807) is 24.4 Å². The highest BCUT2D eigenvalue weighted by atomic mass is 32.1. The number of hydrogen-bond acceptors (Lipinski definition) is 5. The van der Waals surface area contributed by atoms with Gasteiger partial charge in [0.2, 0.25) is 5.13 Å². The maximum Gasteiger partial charge on any atom is 0.336 e. The van der Waals surface area contributed by atoms with E-state index in [0.29, 0.717) is 10.7 Å². The molecular weight excluding hydrogens is 238 g/mol. The summed E-state index contributed by atoms with van der Waals surface area (Å²) in [7, 11) is 0. The van der Waals surface area contributed by atoms with E-state index in [0.717, 1.165) is 0 Å². The first-order valence-electron chi connectivity index (χ1n) is 4.78. The average Bonchev–Trinajstić information content (AvgIpc) is 2.82. The van der Waals surface area contributed by atoms with Gasteiger partial charge in [-0.1, -0.05) is 18.2 Å². The van der Waals surface area contributed by atoms with Crippen molar-refractivity contribution in [1.29, 1.82) is 0 Å². The van der Waals surface area contributed by atoms with E-state index in [-0.39, 0.29) is 5.56 Å². The predicted octanol–water partition coefficient (Wildman–Crippen LogP) is 2.29. The zero-order valence-electron chi connectivity index (χ0n) is 8.70. The lowest BCUT2D eigenvalue weighted by Gasteiger charge is -1.99. The minimum Gasteiger partial charge on any atom is -0.478 e. The van der Waals surface area contributed by atoms with Gasteiger partial charge in [0.15, 0.2) is 0 Å². The Morgan fingerprint density at radius 3 is 3.00 bits per heavy atom.